The molecule has 6 rings (SSSR count). The molecule has 0 aromatic heterocycles. The standard InChI is InChI=1S/C35H19N3O12/c39-33(22-8-1-11-25(17-22)36(42)43)48-28-14-4-6-20-16-21-7-5-15-29(49-34(40)23-9-2-12-26(18-23)37(44)45)31(21)32(30(20)28)50-35(41)24-10-3-13-27(19-24)38(46)47/h1-19H. The third kappa shape index (κ3) is 6.50. The molecular formula is C35H19N3O12. The number of esters is 3. The molecule has 0 spiro atoms. The molecule has 15 heteroatoms. The van der Waals surface area contributed by atoms with Gasteiger partial charge in [0.2, 0.25) is 0 Å². The highest BCUT2D eigenvalue weighted by Crippen LogP contribution is 2.45. The van der Waals surface area contributed by atoms with Gasteiger partial charge in [-0.3, -0.25) is 30.3 Å². The Morgan fingerprint density at radius 2 is 0.780 bits per heavy atom. The molecule has 0 atom stereocenters. The lowest BCUT2D eigenvalue weighted by Crippen LogP contribution is -2.13. The first kappa shape index (κ1) is 32.4. The molecule has 0 radical (unpaired) electrons. The second-order valence-electron chi connectivity index (χ2n) is 10.5. The van der Waals surface area contributed by atoms with Gasteiger partial charge >= 0.3 is 17.9 Å². The van der Waals surface area contributed by atoms with Gasteiger partial charge in [-0.1, -0.05) is 42.5 Å². The maximum absolute atomic E-state index is 13.6. The van der Waals surface area contributed by atoms with E-state index < -0.39 is 32.7 Å². The van der Waals surface area contributed by atoms with Crippen LogP contribution in [-0.2, 0) is 0 Å². The monoisotopic (exact) mass is 673 g/mol. The fourth-order valence-corrected chi connectivity index (χ4v) is 5.10. The SMILES string of the molecule is O=C(Oc1cccc2cc3cccc(OC(=O)c4cccc([N+](=O)[O-])c4)c3c(OC(=O)c3cccc([N+](=O)[O-])c3)c12)c1cccc([N+](=O)[O-])c1. The van der Waals surface area contributed by atoms with Gasteiger partial charge < -0.3 is 14.2 Å². The van der Waals surface area contributed by atoms with Crippen molar-refractivity contribution in [3.05, 3.63) is 162 Å². The van der Waals surface area contributed by atoms with Crippen LogP contribution in [-0.4, -0.2) is 32.7 Å². The Balaban J connectivity index is 1.53. The molecule has 0 bridgehead atoms. The number of nitro groups is 3. The fourth-order valence-electron chi connectivity index (χ4n) is 5.10. The molecule has 0 unspecified atom stereocenters. The highest BCUT2D eigenvalue weighted by atomic mass is 16.6. The topological polar surface area (TPSA) is 208 Å². The Morgan fingerprint density at radius 1 is 0.440 bits per heavy atom. The lowest BCUT2D eigenvalue weighted by Gasteiger charge is -2.17. The summed E-state index contributed by atoms with van der Waals surface area (Å²) in [5.41, 5.74) is -1.62. The lowest BCUT2D eigenvalue weighted by atomic mass is 10.0. The van der Waals surface area contributed by atoms with Crippen LogP contribution >= 0.6 is 0 Å². The van der Waals surface area contributed by atoms with E-state index in [1.54, 1.807) is 30.3 Å². The van der Waals surface area contributed by atoms with Gasteiger partial charge in [0.25, 0.3) is 17.1 Å². The Labute approximate surface area is 279 Å². The van der Waals surface area contributed by atoms with Gasteiger partial charge in [0, 0.05) is 36.4 Å². The van der Waals surface area contributed by atoms with E-state index in [-0.39, 0.29) is 61.8 Å². The van der Waals surface area contributed by atoms with Crippen molar-refractivity contribution in [2.75, 3.05) is 0 Å². The van der Waals surface area contributed by atoms with Crippen LogP contribution < -0.4 is 14.2 Å². The molecule has 0 N–H and O–H groups in total. The maximum atomic E-state index is 13.6. The van der Waals surface area contributed by atoms with Gasteiger partial charge in [0.15, 0.2) is 5.75 Å². The summed E-state index contributed by atoms with van der Waals surface area (Å²) in [6.07, 6.45) is 0. The summed E-state index contributed by atoms with van der Waals surface area (Å²) >= 11 is 0. The summed E-state index contributed by atoms with van der Waals surface area (Å²) in [6.45, 7) is 0. The van der Waals surface area contributed by atoms with E-state index in [4.69, 9.17) is 14.2 Å². The predicted octanol–water partition coefficient (Wildman–Crippen LogP) is 7.38. The smallest absolute Gasteiger partial charge is 0.343 e. The summed E-state index contributed by atoms with van der Waals surface area (Å²) in [7, 11) is 0. The van der Waals surface area contributed by atoms with Crippen LogP contribution in [0.25, 0.3) is 21.5 Å². The number of carbonyl (C=O) groups is 3. The summed E-state index contributed by atoms with van der Waals surface area (Å²) in [5, 5.41) is 34.9. The van der Waals surface area contributed by atoms with Crippen LogP contribution in [0.5, 0.6) is 17.2 Å². The van der Waals surface area contributed by atoms with Crippen molar-refractivity contribution in [2.24, 2.45) is 0 Å². The molecule has 6 aromatic rings. The molecule has 0 saturated carbocycles. The summed E-state index contributed by atoms with van der Waals surface area (Å²) in [5.74, 6) is -3.59. The molecule has 0 aliphatic carbocycles. The van der Waals surface area contributed by atoms with E-state index in [9.17, 15) is 44.7 Å². The molecule has 0 amide bonds. The van der Waals surface area contributed by atoms with E-state index in [0.29, 0.717) is 10.8 Å². The fraction of sp³-hybridized carbons (Fsp3) is 0. The van der Waals surface area contributed by atoms with Crippen molar-refractivity contribution < 1.29 is 43.4 Å². The zero-order chi connectivity index (χ0) is 35.5. The van der Waals surface area contributed by atoms with Crippen molar-refractivity contribution >= 4 is 56.5 Å². The van der Waals surface area contributed by atoms with Crippen LogP contribution in [0.15, 0.2) is 115 Å². The largest absolute Gasteiger partial charge is 0.422 e. The maximum Gasteiger partial charge on any atom is 0.343 e. The number of rotatable bonds is 9. The molecule has 50 heavy (non-hydrogen) atoms. The van der Waals surface area contributed by atoms with Gasteiger partial charge in [-0.25, -0.2) is 14.4 Å². The lowest BCUT2D eigenvalue weighted by molar-refractivity contribution is -0.385. The Hall–Kier alpha value is -7.55. The molecule has 246 valence electrons. The zero-order valence-electron chi connectivity index (χ0n) is 25.2. The third-order valence-corrected chi connectivity index (χ3v) is 7.36. The molecule has 0 fully saturated rings. The number of carbonyl (C=O) groups excluding carboxylic acids is 3. The van der Waals surface area contributed by atoms with Crippen LogP contribution in [0.1, 0.15) is 31.1 Å². The minimum Gasteiger partial charge on any atom is -0.422 e. The van der Waals surface area contributed by atoms with E-state index in [2.05, 4.69) is 0 Å². The zero-order valence-corrected chi connectivity index (χ0v) is 25.2. The van der Waals surface area contributed by atoms with Gasteiger partial charge in [-0.15, -0.1) is 0 Å². The minimum absolute atomic E-state index is 0.0383. The van der Waals surface area contributed by atoms with Gasteiger partial charge in [-0.05, 0) is 47.2 Å². The number of hydrogen-bond donors (Lipinski definition) is 0. The van der Waals surface area contributed by atoms with Crippen LogP contribution in [0, 0.1) is 30.3 Å². The summed E-state index contributed by atoms with van der Waals surface area (Å²) in [6, 6.07) is 25.1. The van der Waals surface area contributed by atoms with Gasteiger partial charge in [0.05, 0.1) is 42.2 Å². The van der Waals surface area contributed by atoms with Crippen LogP contribution in [0.3, 0.4) is 0 Å². The molecule has 0 saturated heterocycles. The number of nitro benzene ring substituents is 3. The summed E-state index contributed by atoms with van der Waals surface area (Å²) in [4.78, 5) is 72.1. The number of benzene rings is 6. The first-order valence-electron chi connectivity index (χ1n) is 14.4. The number of ether oxygens (including phenoxy) is 3. The third-order valence-electron chi connectivity index (χ3n) is 7.36. The van der Waals surface area contributed by atoms with Crippen molar-refractivity contribution in [2.45, 2.75) is 0 Å². The Bertz CT molecular complexity index is 2300. The first-order chi connectivity index (χ1) is 24.0. The average Bonchev–Trinajstić information content (AvgIpc) is 3.11. The molecular weight excluding hydrogens is 654 g/mol. The van der Waals surface area contributed by atoms with E-state index in [1.165, 1.54) is 66.7 Å². The molecule has 0 heterocycles. The number of hydrogen-bond acceptors (Lipinski definition) is 12. The normalized spacial score (nSPS) is 10.7. The number of fused-ring (bicyclic) bond motifs is 2. The van der Waals surface area contributed by atoms with E-state index in [1.807, 2.05) is 0 Å². The minimum atomic E-state index is -1.05. The van der Waals surface area contributed by atoms with Crippen LogP contribution in [0.2, 0.25) is 0 Å². The van der Waals surface area contributed by atoms with Crippen molar-refractivity contribution in [3.63, 3.8) is 0 Å². The van der Waals surface area contributed by atoms with Crippen molar-refractivity contribution in [3.8, 4) is 17.2 Å². The number of nitrogens with zero attached hydrogens (tertiary/aromatic N) is 3. The molecule has 6 aromatic carbocycles. The first-order valence-corrected chi connectivity index (χ1v) is 14.4. The van der Waals surface area contributed by atoms with Gasteiger partial charge in [0.1, 0.15) is 11.5 Å². The van der Waals surface area contributed by atoms with Gasteiger partial charge in [-0.2, -0.15) is 0 Å². The second kappa shape index (κ2) is 13.3. The second-order valence-corrected chi connectivity index (χ2v) is 10.5. The Morgan fingerprint density at radius 3 is 1.14 bits per heavy atom. The quantitative estimate of drug-likeness (QED) is 0.0484. The van der Waals surface area contributed by atoms with Crippen molar-refractivity contribution in [1.82, 2.24) is 0 Å². The molecule has 0 aliphatic rings. The highest BCUT2D eigenvalue weighted by molar-refractivity contribution is 6.13. The predicted molar refractivity (Wildman–Crippen MR) is 176 cm³/mol. The number of non-ortho nitro benzene ring substituents is 3. The summed E-state index contributed by atoms with van der Waals surface area (Å²) < 4.78 is 17.3. The average molecular weight is 674 g/mol. The van der Waals surface area contributed by atoms with E-state index in [0.717, 1.165) is 18.2 Å². The van der Waals surface area contributed by atoms with Crippen molar-refractivity contribution in [1.29, 1.82) is 0 Å². The highest BCUT2D eigenvalue weighted by Gasteiger charge is 2.25. The van der Waals surface area contributed by atoms with Crippen LogP contribution in [0.4, 0.5) is 17.1 Å². The Kier molecular flexibility index (Phi) is 8.61. The molecule has 15 nitrogen and oxygen atoms in total. The van der Waals surface area contributed by atoms with E-state index >= 15 is 0 Å². The molecule has 0 aliphatic heterocycles.